The number of aromatic hydroxyl groups is 1. The molecule has 0 radical (unpaired) electrons. The van der Waals surface area contributed by atoms with Gasteiger partial charge in [-0.15, -0.1) is 23.2 Å². The van der Waals surface area contributed by atoms with E-state index in [1.54, 1.807) is 0 Å². The Labute approximate surface area is 145 Å². The Balaban J connectivity index is 2.93. The van der Waals surface area contributed by atoms with Crippen molar-refractivity contribution >= 4 is 63.8 Å². The highest BCUT2D eigenvalue weighted by Gasteiger charge is 2.35. The molecule has 0 fully saturated rings. The first-order chi connectivity index (χ1) is 10.2. The molecule has 22 heavy (non-hydrogen) atoms. The third-order valence-electron chi connectivity index (χ3n) is 3.20. The molecular formula is C14H8Cl4O4. The number of benzene rings is 1. The fraction of sp³-hybridized carbons (Fsp3) is 0.214. The van der Waals surface area contributed by atoms with Gasteiger partial charge in [0.25, 0.3) is 0 Å². The molecule has 0 atom stereocenters. The molecule has 8 heteroatoms. The Morgan fingerprint density at radius 3 is 2.23 bits per heavy atom. The van der Waals surface area contributed by atoms with Crippen LogP contribution in [0.1, 0.15) is 48.4 Å². The van der Waals surface area contributed by atoms with Gasteiger partial charge in [0.15, 0.2) is 22.2 Å². The minimum Gasteiger partial charge on any atom is -0.507 e. The summed E-state index contributed by atoms with van der Waals surface area (Å²) in [6.07, 6.45) is 1.08. The number of rotatable bonds is 3. The Kier molecular flexibility index (Phi) is 4.87. The Morgan fingerprint density at radius 2 is 1.73 bits per heavy atom. The lowest BCUT2D eigenvalue weighted by Crippen LogP contribution is -2.24. The van der Waals surface area contributed by atoms with Crippen LogP contribution in [0.2, 0.25) is 0 Å². The zero-order chi connectivity index (χ0) is 16.8. The van der Waals surface area contributed by atoms with Crippen LogP contribution in [0, 0.1) is 0 Å². The second-order valence-corrected chi connectivity index (χ2v) is 6.79. The fourth-order valence-corrected chi connectivity index (χ4v) is 2.81. The van der Waals surface area contributed by atoms with Crippen molar-refractivity contribution in [2.45, 2.75) is 16.6 Å². The molecule has 0 saturated carbocycles. The lowest BCUT2D eigenvalue weighted by molar-refractivity contribution is 0.0966. The average molecular weight is 382 g/mol. The first-order valence-electron chi connectivity index (χ1n) is 5.94. The van der Waals surface area contributed by atoms with Crippen LogP contribution in [0.3, 0.4) is 0 Å². The Bertz CT molecular complexity index is 735. The van der Waals surface area contributed by atoms with E-state index in [-0.39, 0.29) is 27.8 Å². The van der Waals surface area contributed by atoms with E-state index in [4.69, 9.17) is 46.4 Å². The van der Waals surface area contributed by atoms with Crippen LogP contribution in [0.15, 0.2) is 17.7 Å². The lowest BCUT2D eigenvalue weighted by Gasteiger charge is -2.21. The van der Waals surface area contributed by atoms with Crippen molar-refractivity contribution in [2.24, 2.45) is 0 Å². The van der Waals surface area contributed by atoms with Gasteiger partial charge < -0.3 is 5.11 Å². The molecule has 0 saturated heterocycles. The molecule has 0 unspecified atom stereocenters. The maximum Gasteiger partial charge on any atom is 0.196 e. The number of halogens is 4. The summed E-state index contributed by atoms with van der Waals surface area (Å²) in [5, 5.41) is 10.0. The van der Waals surface area contributed by atoms with E-state index < -0.39 is 32.8 Å². The summed E-state index contributed by atoms with van der Waals surface area (Å²) in [5.74, 6) is -2.52. The van der Waals surface area contributed by atoms with E-state index in [1.165, 1.54) is 6.92 Å². The molecule has 0 amide bonds. The van der Waals surface area contributed by atoms with Crippen molar-refractivity contribution in [2.75, 3.05) is 0 Å². The maximum atomic E-state index is 12.4. The minimum absolute atomic E-state index is 0.0354. The number of fused-ring (bicyclic) bond motifs is 1. The van der Waals surface area contributed by atoms with Crippen molar-refractivity contribution in [3.63, 3.8) is 0 Å². The summed E-state index contributed by atoms with van der Waals surface area (Å²) in [6.45, 7) is 1.42. The molecular weight excluding hydrogens is 374 g/mol. The molecule has 2 rings (SSSR count). The summed E-state index contributed by atoms with van der Waals surface area (Å²) >= 11 is 22.8. The van der Waals surface area contributed by atoms with E-state index in [9.17, 15) is 19.5 Å². The molecule has 0 spiro atoms. The number of Topliss-reactive ketones (excluding diaryl/α,β-unsaturated/α-hetero) is 2. The molecule has 0 aromatic heterocycles. The highest BCUT2D eigenvalue weighted by atomic mass is 35.5. The molecule has 116 valence electrons. The maximum absolute atomic E-state index is 12.4. The van der Waals surface area contributed by atoms with Crippen LogP contribution in [0.5, 0.6) is 5.75 Å². The molecule has 1 aromatic carbocycles. The van der Waals surface area contributed by atoms with Crippen LogP contribution in [0.4, 0.5) is 0 Å². The van der Waals surface area contributed by atoms with E-state index >= 15 is 0 Å². The smallest absolute Gasteiger partial charge is 0.196 e. The first-order valence-corrected chi connectivity index (χ1v) is 7.69. The van der Waals surface area contributed by atoms with E-state index in [0.29, 0.717) is 0 Å². The number of hydrogen-bond donors (Lipinski definition) is 1. The molecule has 4 nitrogen and oxygen atoms in total. The van der Waals surface area contributed by atoms with Gasteiger partial charge in [0.2, 0.25) is 0 Å². The summed E-state index contributed by atoms with van der Waals surface area (Å²) < 4.78 is 0. The number of hydrogen-bond acceptors (Lipinski definition) is 4. The molecule has 1 aliphatic carbocycles. The molecule has 1 aliphatic rings. The van der Waals surface area contributed by atoms with Gasteiger partial charge in [-0.3, -0.25) is 14.4 Å². The van der Waals surface area contributed by atoms with E-state index in [0.717, 1.165) is 12.1 Å². The van der Waals surface area contributed by atoms with Crippen LogP contribution >= 0.6 is 46.4 Å². The van der Waals surface area contributed by atoms with Crippen molar-refractivity contribution < 1.29 is 19.5 Å². The van der Waals surface area contributed by atoms with Gasteiger partial charge in [0.1, 0.15) is 10.6 Å². The minimum atomic E-state index is -1.48. The molecule has 1 N–H and O–H groups in total. The number of ketones is 3. The topological polar surface area (TPSA) is 71.4 Å². The SMILES string of the molecule is CC1=CC(=O)c2c(O)cc(C(Cl)Cl)c(C(=O)C(Cl)Cl)c2C1=O. The zero-order valence-corrected chi connectivity index (χ0v) is 14.0. The van der Waals surface area contributed by atoms with Gasteiger partial charge in [0.05, 0.1) is 5.56 Å². The average Bonchev–Trinajstić information content (AvgIpc) is 2.42. The lowest BCUT2D eigenvalue weighted by atomic mass is 9.83. The molecule has 0 bridgehead atoms. The fourth-order valence-electron chi connectivity index (χ4n) is 2.24. The molecule has 0 aliphatic heterocycles. The standard InChI is InChI=1S/C14H8Cl4O4/c1-4-2-6(19)9-7(20)3-5(13(15)16)8(10(9)11(4)21)12(22)14(17)18/h2-3,13-14,20H,1H3. The van der Waals surface area contributed by atoms with Gasteiger partial charge in [-0.05, 0) is 19.1 Å². The van der Waals surface area contributed by atoms with Crippen molar-refractivity contribution in [3.05, 3.63) is 40.0 Å². The second kappa shape index (κ2) is 6.20. The van der Waals surface area contributed by atoms with E-state index in [1.807, 2.05) is 0 Å². The van der Waals surface area contributed by atoms with Crippen LogP contribution in [-0.2, 0) is 0 Å². The molecule has 1 aromatic rings. The van der Waals surface area contributed by atoms with Gasteiger partial charge in [-0.2, -0.15) is 0 Å². The predicted molar refractivity (Wildman–Crippen MR) is 84.8 cm³/mol. The van der Waals surface area contributed by atoms with E-state index in [2.05, 4.69) is 0 Å². The number of carbonyl (C=O) groups is 3. The number of phenolic OH excluding ortho intramolecular Hbond substituents is 1. The number of carbonyl (C=O) groups excluding carboxylic acids is 3. The second-order valence-electron chi connectivity index (χ2n) is 4.60. The monoisotopic (exact) mass is 380 g/mol. The van der Waals surface area contributed by atoms with Crippen LogP contribution < -0.4 is 0 Å². The zero-order valence-electron chi connectivity index (χ0n) is 11.0. The van der Waals surface area contributed by atoms with Crippen molar-refractivity contribution in [1.29, 1.82) is 0 Å². The van der Waals surface area contributed by atoms with Crippen molar-refractivity contribution in [3.8, 4) is 5.75 Å². The summed E-state index contributed by atoms with van der Waals surface area (Å²) in [6, 6.07) is 1.06. The van der Waals surface area contributed by atoms with Gasteiger partial charge in [-0.1, -0.05) is 23.2 Å². The Hall–Kier alpha value is -1.07. The highest BCUT2D eigenvalue weighted by molar-refractivity contribution is 6.56. The van der Waals surface area contributed by atoms with Gasteiger partial charge in [0, 0.05) is 22.3 Å². The summed E-state index contributed by atoms with van der Waals surface area (Å²) in [7, 11) is 0. The summed E-state index contributed by atoms with van der Waals surface area (Å²) in [4.78, 5) is 34.0. The van der Waals surface area contributed by atoms with Crippen molar-refractivity contribution in [1.82, 2.24) is 0 Å². The van der Waals surface area contributed by atoms with Crippen LogP contribution in [0.25, 0.3) is 0 Å². The third-order valence-corrected chi connectivity index (χ3v) is 4.06. The number of allylic oxidation sites excluding steroid dienone is 2. The predicted octanol–water partition coefficient (Wildman–Crippen LogP) is 4.18. The first kappa shape index (κ1) is 17.3. The quantitative estimate of drug-likeness (QED) is 0.629. The van der Waals surface area contributed by atoms with Crippen LogP contribution in [-0.4, -0.2) is 27.3 Å². The largest absolute Gasteiger partial charge is 0.507 e. The highest BCUT2D eigenvalue weighted by Crippen LogP contribution is 2.40. The number of alkyl halides is 4. The normalized spacial score (nSPS) is 14.4. The van der Waals surface area contributed by atoms with Gasteiger partial charge >= 0.3 is 0 Å². The molecule has 0 heterocycles. The Morgan fingerprint density at radius 1 is 1.14 bits per heavy atom. The summed E-state index contributed by atoms with van der Waals surface area (Å²) in [5.41, 5.74) is -0.729. The third kappa shape index (κ3) is 2.76. The van der Waals surface area contributed by atoms with Gasteiger partial charge in [-0.25, -0.2) is 0 Å². The number of phenols is 1.